The summed E-state index contributed by atoms with van der Waals surface area (Å²) in [4.78, 5) is 36.6. The molecule has 0 unspecified atom stereocenters. The lowest BCUT2D eigenvalue weighted by Crippen LogP contribution is -2.45. The van der Waals surface area contributed by atoms with E-state index < -0.39 is 36.2 Å². The normalized spacial score (nSPS) is 20.4. The van der Waals surface area contributed by atoms with E-state index in [2.05, 4.69) is 5.92 Å². The first-order chi connectivity index (χ1) is 13.8. The molecule has 0 N–H and O–H groups in total. The van der Waals surface area contributed by atoms with Gasteiger partial charge in [0.25, 0.3) is 0 Å². The molecule has 1 heterocycles. The van der Waals surface area contributed by atoms with Crippen molar-refractivity contribution in [1.29, 1.82) is 0 Å². The molecule has 29 heavy (non-hydrogen) atoms. The molecule has 1 aliphatic heterocycles. The SMILES string of the molecule is C#C[C@]1(COC(=O)c2ccc(C)cc2)OC(=O)C[C@@H]1OC(=O)c1ccc(C)cc1. The highest BCUT2D eigenvalue weighted by atomic mass is 16.6. The third-order valence-electron chi connectivity index (χ3n) is 4.65. The summed E-state index contributed by atoms with van der Waals surface area (Å²) in [6.07, 6.45) is 4.30. The summed E-state index contributed by atoms with van der Waals surface area (Å²) < 4.78 is 16.0. The van der Waals surface area contributed by atoms with Crippen LogP contribution in [0.25, 0.3) is 0 Å². The minimum Gasteiger partial charge on any atom is -0.457 e. The molecular weight excluding hydrogens is 372 g/mol. The first kappa shape index (κ1) is 20.2. The van der Waals surface area contributed by atoms with Crippen LogP contribution in [0.5, 0.6) is 0 Å². The minimum atomic E-state index is -1.67. The van der Waals surface area contributed by atoms with Crippen molar-refractivity contribution in [3.63, 3.8) is 0 Å². The van der Waals surface area contributed by atoms with Crippen molar-refractivity contribution in [3.05, 3.63) is 70.8 Å². The Morgan fingerprint density at radius 1 is 1.03 bits per heavy atom. The van der Waals surface area contributed by atoms with Gasteiger partial charge in [0.2, 0.25) is 5.60 Å². The van der Waals surface area contributed by atoms with Gasteiger partial charge in [-0.25, -0.2) is 9.59 Å². The molecule has 0 saturated carbocycles. The number of hydrogen-bond acceptors (Lipinski definition) is 6. The predicted molar refractivity (Wildman–Crippen MR) is 104 cm³/mol. The number of rotatable bonds is 5. The van der Waals surface area contributed by atoms with Crippen LogP contribution in [0, 0.1) is 26.2 Å². The van der Waals surface area contributed by atoms with E-state index in [1.807, 2.05) is 13.8 Å². The second-order valence-corrected chi connectivity index (χ2v) is 6.91. The Kier molecular flexibility index (Phi) is 5.69. The van der Waals surface area contributed by atoms with Gasteiger partial charge in [0.15, 0.2) is 6.10 Å². The number of ether oxygens (including phenoxy) is 3. The molecule has 1 fully saturated rings. The van der Waals surface area contributed by atoms with Crippen LogP contribution in [0.4, 0.5) is 0 Å². The molecule has 0 amide bonds. The van der Waals surface area contributed by atoms with Gasteiger partial charge in [-0.05, 0) is 38.1 Å². The largest absolute Gasteiger partial charge is 0.457 e. The molecule has 2 aromatic rings. The van der Waals surface area contributed by atoms with E-state index in [1.165, 1.54) is 0 Å². The van der Waals surface area contributed by atoms with Crippen molar-refractivity contribution in [2.45, 2.75) is 32.0 Å². The average Bonchev–Trinajstić information content (AvgIpc) is 3.02. The molecule has 148 valence electrons. The van der Waals surface area contributed by atoms with Gasteiger partial charge in [0.1, 0.15) is 6.61 Å². The first-order valence-corrected chi connectivity index (χ1v) is 9.04. The topological polar surface area (TPSA) is 78.9 Å². The maximum Gasteiger partial charge on any atom is 0.338 e. The van der Waals surface area contributed by atoms with Crippen LogP contribution in [-0.4, -0.2) is 36.2 Å². The number of hydrogen-bond donors (Lipinski definition) is 0. The van der Waals surface area contributed by atoms with E-state index in [4.69, 9.17) is 20.6 Å². The van der Waals surface area contributed by atoms with Crippen molar-refractivity contribution in [1.82, 2.24) is 0 Å². The lowest BCUT2D eigenvalue weighted by molar-refractivity contribution is -0.149. The Balaban J connectivity index is 1.72. The molecule has 0 bridgehead atoms. The van der Waals surface area contributed by atoms with E-state index in [-0.39, 0.29) is 6.42 Å². The smallest absolute Gasteiger partial charge is 0.338 e. The summed E-state index contributed by atoms with van der Waals surface area (Å²) in [5.74, 6) is 0.453. The molecule has 6 nitrogen and oxygen atoms in total. The fourth-order valence-electron chi connectivity index (χ4n) is 2.88. The number of terminal acetylenes is 1. The Bertz CT molecular complexity index is 968. The quantitative estimate of drug-likeness (QED) is 0.442. The maximum atomic E-state index is 12.4. The Labute approximate surface area is 168 Å². The van der Waals surface area contributed by atoms with Gasteiger partial charge in [-0.2, -0.15) is 0 Å². The van der Waals surface area contributed by atoms with Crippen LogP contribution >= 0.6 is 0 Å². The van der Waals surface area contributed by atoms with Crippen molar-refractivity contribution in [3.8, 4) is 12.3 Å². The van der Waals surface area contributed by atoms with Crippen molar-refractivity contribution >= 4 is 17.9 Å². The summed E-state index contributed by atoms with van der Waals surface area (Å²) in [5.41, 5.74) is 0.965. The number of carbonyl (C=O) groups is 3. The highest BCUT2D eigenvalue weighted by Gasteiger charge is 2.52. The number of cyclic esters (lactones) is 1. The highest BCUT2D eigenvalue weighted by Crippen LogP contribution is 2.31. The molecule has 1 saturated heterocycles. The maximum absolute atomic E-state index is 12.4. The first-order valence-electron chi connectivity index (χ1n) is 9.04. The standard InChI is InChI=1S/C23H20O6/c1-4-23(14-27-21(25)17-9-5-15(2)6-10-17)19(13-20(24)29-23)28-22(26)18-11-7-16(3)8-12-18/h1,5-12,19H,13-14H2,2-3H3/t19-,23+/m0/s1. The summed E-state index contributed by atoms with van der Waals surface area (Å²) in [6.45, 7) is 3.37. The zero-order chi connectivity index (χ0) is 21.0. The van der Waals surface area contributed by atoms with Gasteiger partial charge in [0.05, 0.1) is 17.5 Å². The summed E-state index contributed by atoms with van der Waals surface area (Å²) >= 11 is 0. The summed E-state index contributed by atoms with van der Waals surface area (Å²) in [6, 6.07) is 13.6. The zero-order valence-corrected chi connectivity index (χ0v) is 16.1. The molecule has 0 radical (unpaired) electrons. The molecule has 2 aromatic carbocycles. The van der Waals surface area contributed by atoms with Gasteiger partial charge in [0, 0.05) is 0 Å². The molecule has 0 aromatic heterocycles. The van der Waals surface area contributed by atoms with E-state index in [1.54, 1.807) is 48.5 Å². The second-order valence-electron chi connectivity index (χ2n) is 6.91. The number of benzene rings is 2. The highest BCUT2D eigenvalue weighted by molar-refractivity contribution is 5.90. The fraction of sp³-hybridized carbons (Fsp3) is 0.261. The second kappa shape index (κ2) is 8.19. The van der Waals surface area contributed by atoms with Gasteiger partial charge in [-0.3, -0.25) is 4.79 Å². The van der Waals surface area contributed by atoms with Crippen molar-refractivity contribution in [2.75, 3.05) is 6.61 Å². The van der Waals surface area contributed by atoms with Crippen LogP contribution in [0.2, 0.25) is 0 Å². The molecule has 0 aliphatic carbocycles. The molecular formula is C23H20O6. The van der Waals surface area contributed by atoms with Crippen molar-refractivity contribution < 1.29 is 28.6 Å². The molecule has 3 rings (SSSR count). The predicted octanol–water partition coefficient (Wildman–Crippen LogP) is 3.00. The van der Waals surface area contributed by atoms with E-state index in [0.29, 0.717) is 11.1 Å². The van der Waals surface area contributed by atoms with E-state index >= 15 is 0 Å². The third-order valence-corrected chi connectivity index (χ3v) is 4.65. The minimum absolute atomic E-state index is 0.218. The zero-order valence-electron chi connectivity index (χ0n) is 16.1. The Morgan fingerprint density at radius 3 is 2.07 bits per heavy atom. The summed E-state index contributed by atoms with van der Waals surface area (Å²) in [7, 11) is 0. The molecule has 2 atom stereocenters. The van der Waals surface area contributed by atoms with E-state index in [9.17, 15) is 14.4 Å². The van der Waals surface area contributed by atoms with Crippen LogP contribution in [0.1, 0.15) is 38.3 Å². The van der Waals surface area contributed by atoms with Crippen LogP contribution in [0.3, 0.4) is 0 Å². The van der Waals surface area contributed by atoms with Crippen molar-refractivity contribution in [2.24, 2.45) is 0 Å². The van der Waals surface area contributed by atoms with Gasteiger partial charge >= 0.3 is 17.9 Å². The summed E-state index contributed by atoms with van der Waals surface area (Å²) in [5, 5.41) is 0. The Morgan fingerprint density at radius 2 is 1.55 bits per heavy atom. The Hall–Kier alpha value is -3.59. The monoisotopic (exact) mass is 392 g/mol. The molecule has 1 aliphatic rings. The molecule has 6 heteroatoms. The van der Waals surface area contributed by atoms with Crippen LogP contribution in [-0.2, 0) is 19.0 Å². The van der Waals surface area contributed by atoms with E-state index in [0.717, 1.165) is 11.1 Å². The van der Waals surface area contributed by atoms with Crippen LogP contribution < -0.4 is 0 Å². The molecule has 0 spiro atoms. The third kappa shape index (κ3) is 4.46. The number of aryl methyl sites for hydroxylation is 2. The average molecular weight is 392 g/mol. The van der Waals surface area contributed by atoms with Crippen LogP contribution in [0.15, 0.2) is 48.5 Å². The fourth-order valence-corrected chi connectivity index (χ4v) is 2.88. The van der Waals surface area contributed by atoms with Gasteiger partial charge < -0.3 is 14.2 Å². The van der Waals surface area contributed by atoms with Gasteiger partial charge in [-0.1, -0.05) is 41.3 Å². The lowest BCUT2D eigenvalue weighted by Gasteiger charge is -2.27. The number of carbonyl (C=O) groups excluding carboxylic acids is 3. The van der Waals surface area contributed by atoms with Gasteiger partial charge in [-0.15, -0.1) is 6.42 Å². The lowest BCUT2D eigenvalue weighted by atomic mass is 9.98. The number of esters is 3.